The van der Waals surface area contributed by atoms with Gasteiger partial charge >= 0.3 is 0 Å². The molecule has 0 aromatic heterocycles. The van der Waals surface area contributed by atoms with Crippen molar-refractivity contribution in [3.05, 3.63) is 131 Å². The maximum absolute atomic E-state index is 12.9. The van der Waals surface area contributed by atoms with Crippen molar-refractivity contribution in [1.82, 2.24) is 5.43 Å². The molecule has 0 radical (unpaired) electrons. The molecule has 3 heteroatoms. The summed E-state index contributed by atoms with van der Waals surface area (Å²) in [6.07, 6.45) is 1.59. The third-order valence-electron chi connectivity index (χ3n) is 6.35. The predicted molar refractivity (Wildman–Crippen MR) is 125 cm³/mol. The van der Waals surface area contributed by atoms with Gasteiger partial charge in [0.1, 0.15) is 0 Å². The Labute approximate surface area is 182 Å². The first kappa shape index (κ1) is 19.3. The van der Waals surface area contributed by atoms with Crippen LogP contribution in [-0.4, -0.2) is 5.91 Å². The van der Waals surface area contributed by atoms with Crippen LogP contribution in [0.5, 0.6) is 0 Å². The lowest BCUT2D eigenvalue weighted by Gasteiger charge is -2.34. The number of rotatable bonds is 5. The lowest BCUT2D eigenvalue weighted by molar-refractivity contribution is 0.0951. The number of nitrogens with two attached hydrogens (primary N) is 1. The summed E-state index contributed by atoms with van der Waals surface area (Å²) in [7, 11) is 0. The largest absolute Gasteiger partial charge is 0.290 e. The summed E-state index contributed by atoms with van der Waals surface area (Å²) in [5, 5.41) is 0. The molecule has 152 valence electrons. The van der Waals surface area contributed by atoms with Gasteiger partial charge in [0.25, 0.3) is 5.91 Å². The highest BCUT2D eigenvalue weighted by Crippen LogP contribution is 2.53. The first-order valence-electron chi connectivity index (χ1n) is 10.5. The van der Waals surface area contributed by atoms with E-state index in [0.717, 1.165) is 24.0 Å². The van der Waals surface area contributed by atoms with Gasteiger partial charge in [0, 0.05) is 11.0 Å². The number of carbonyl (C=O) groups excluding carboxylic acids is 1. The molecule has 0 unspecified atom stereocenters. The molecule has 1 aliphatic rings. The highest BCUT2D eigenvalue weighted by Gasteiger charge is 2.45. The normalized spacial score (nSPS) is 13.3. The lowest BCUT2D eigenvalue weighted by Crippen LogP contribution is -2.36. The van der Waals surface area contributed by atoms with Gasteiger partial charge in [0.15, 0.2) is 0 Å². The predicted octanol–water partition coefficient (Wildman–Crippen LogP) is 5.04. The molecule has 0 heterocycles. The fraction of sp³-hybridized carbons (Fsp3) is 0.107. The van der Waals surface area contributed by atoms with Crippen LogP contribution in [0, 0.1) is 0 Å². The fourth-order valence-electron chi connectivity index (χ4n) is 5.15. The molecule has 4 aromatic carbocycles. The quantitative estimate of drug-likeness (QED) is 0.278. The Kier molecular flexibility index (Phi) is 4.89. The third-order valence-corrected chi connectivity index (χ3v) is 6.35. The standard InChI is InChI=1S/C28H24N2O/c29-30-27(31)24-16-9-15-23-22-14-7-8-17-25(22)28(26(23)24,18-20-10-3-1-4-11-20)19-21-12-5-2-6-13-21/h1-17H,18-19,29H2,(H,30,31). The Morgan fingerprint density at radius 2 is 1.23 bits per heavy atom. The zero-order chi connectivity index (χ0) is 21.3. The van der Waals surface area contributed by atoms with Crippen molar-refractivity contribution in [1.29, 1.82) is 0 Å². The van der Waals surface area contributed by atoms with Gasteiger partial charge in [-0.1, -0.05) is 97.1 Å². The SMILES string of the molecule is NNC(=O)c1cccc2c1C(Cc1ccccc1)(Cc1ccccc1)c1ccccc1-2. The van der Waals surface area contributed by atoms with Crippen LogP contribution in [0.2, 0.25) is 0 Å². The summed E-state index contributed by atoms with van der Waals surface area (Å²) in [6, 6.07) is 35.5. The number of benzene rings is 4. The minimum absolute atomic E-state index is 0.254. The number of hydrogen-bond acceptors (Lipinski definition) is 2. The van der Waals surface area contributed by atoms with Gasteiger partial charge in [-0.15, -0.1) is 0 Å². The molecule has 1 amide bonds. The average molecular weight is 405 g/mol. The van der Waals surface area contributed by atoms with Gasteiger partial charge in [-0.25, -0.2) is 5.84 Å². The van der Waals surface area contributed by atoms with Crippen LogP contribution in [0.15, 0.2) is 103 Å². The van der Waals surface area contributed by atoms with E-state index in [4.69, 9.17) is 5.84 Å². The van der Waals surface area contributed by atoms with Crippen LogP contribution >= 0.6 is 0 Å². The number of nitrogens with one attached hydrogen (secondary N) is 1. The van der Waals surface area contributed by atoms with Crippen LogP contribution in [0.4, 0.5) is 0 Å². The number of hydrazine groups is 1. The van der Waals surface area contributed by atoms with Gasteiger partial charge in [-0.05, 0) is 52.3 Å². The molecular weight excluding hydrogens is 380 g/mol. The Morgan fingerprint density at radius 3 is 1.84 bits per heavy atom. The monoisotopic (exact) mass is 404 g/mol. The Hall–Kier alpha value is -3.69. The van der Waals surface area contributed by atoms with Gasteiger partial charge in [0.05, 0.1) is 0 Å². The molecule has 3 N–H and O–H groups in total. The molecule has 1 aliphatic carbocycles. The van der Waals surface area contributed by atoms with Crippen molar-refractivity contribution in [3.8, 4) is 11.1 Å². The Morgan fingerprint density at radius 1 is 0.677 bits per heavy atom. The third kappa shape index (κ3) is 3.24. The molecule has 0 fully saturated rings. The molecule has 31 heavy (non-hydrogen) atoms. The second-order valence-electron chi connectivity index (χ2n) is 8.15. The second-order valence-corrected chi connectivity index (χ2v) is 8.15. The van der Waals surface area contributed by atoms with Crippen LogP contribution in [0.25, 0.3) is 11.1 Å². The summed E-state index contributed by atoms with van der Waals surface area (Å²) < 4.78 is 0. The zero-order valence-electron chi connectivity index (χ0n) is 17.2. The lowest BCUT2D eigenvalue weighted by atomic mass is 9.68. The van der Waals surface area contributed by atoms with E-state index in [1.54, 1.807) is 0 Å². The van der Waals surface area contributed by atoms with Crippen molar-refractivity contribution >= 4 is 5.91 Å². The summed E-state index contributed by atoms with van der Waals surface area (Å²) in [5.41, 5.74) is 9.73. The number of fused-ring (bicyclic) bond motifs is 3. The van der Waals surface area contributed by atoms with Crippen LogP contribution < -0.4 is 11.3 Å². The van der Waals surface area contributed by atoms with Crippen molar-refractivity contribution < 1.29 is 4.79 Å². The van der Waals surface area contributed by atoms with E-state index >= 15 is 0 Å². The van der Waals surface area contributed by atoms with Crippen molar-refractivity contribution in [3.63, 3.8) is 0 Å². The number of amides is 1. The smallest absolute Gasteiger partial charge is 0.265 e. The Balaban J connectivity index is 1.82. The molecule has 0 aliphatic heterocycles. The van der Waals surface area contributed by atoms with Crippen molar-refractivity contribution in [2.45, 2.75) is 18.3 Å². The average Bonchev–Trinajstić information content (AvgIpc) is 3.10. The molecular formula is C28H24N2O. The summed E-state index contributed by atoms with van der Waals surface area (Å²) in [5.74, 6) is 5.34. The van der Waals surface area contributed by atoms with Gasteiger partial charge < -0.3 is 0 Å². The first-order chi connectivity index (χ1) is 15.2. The highest BCUT2D eigenvalue weighted by atomic mass is 16.2. The van der Waals surface area contributed by atoms with E-state index in [9.17, 15) is 4.79 Å². The van der Waals surface area contributed by atoms with Crippen LogP contribution in [0.3, 0.4) is 0 Å². The summed E-state index contributed by atoms with van der Waals surface area (Å²) >= 11 is 0. The molecule has 3 nitrogen and oxygen atoms in total. The van der Waals surface area contributed by atoms with E-state index in [1.165, 1.54) is 22.3 Å². The first-order valence-corrected chi connectivity index (χ1v) is 10.5. The molecule has 0 spiro atoms. The molecule has 0 saturated carbocycles. The summed E-state index contributed by atoms with van der Waals surface area (Å²) in [6.45, 7) is 0. The number of hydrogen-bond donors (Lipinski definition) is 2. The number of carbonyl (C=O) groups is 1. The van der Waals surface area contributed by atoms with Crippen LogP contribution in [-0.2, 0) is 18.3 Å². The number of nitrogen functional groups attached to an aromatic ring is 1. The van der Waals surface area contributed by atoms with Gasteiger partial charge in [0.2, 0.25) is 0 Å². The Bertz CT molecular complexity index is 1190. The van der Waals surface area contributed by atoms with E-state index in [-0.39, 0.29) is 11.3 Å². The van der Waals surface area contributed by atoms with Gasteiger partial charge in [-0.3, -0.25) is 10.2 Å². The van der Waals surface area contributed by atoms with Crippen LogP contribution in [0.1, 0.15) is 32.6 Å². The molecule has 5 rings (SSSR count). The molecule has 0 bridgehead atoms. The second kappa shape index (κ2) is 7.86. The maximum Gasteiger partial charge on any atom is 0.265 e. The molecule has 4 aromatic rings. The summed E-state index contributed by atoms with van der Waals surface area (Å²) in [4.78, 5) is 12.9. The fourth-order valence-corrected chi connectivity index (χ4v) is 5.15. The van der Waals surface area contributed by atoms with E-state index < -0.39 is 0 Å². The molecule has 0 saturated heterocycles. The van der Waals surface area contributed by atoms with Crippen molar-refractivity contribution in [2.75, 3.05) is 0 Å². The van der Waals surface area contributed by atoms with E-state index in [0.29, 0.717) is 5.56 Å². The van der Waals surface area contributed by atoms with E-state index in [2.05, 4.69) is 84.3 Å². The highest BCUT2D eigenvalue weighted by molar-refractivity contribution is 6.00. The minimum atomic E-state index is -0.377. The molecule has 0 atom stereocenters. The van der Waals surface area contributed by atoms with E-state index in [1.807, 2.05) is 24.3 Å². The minimum Gasteiger partial charge on any atom is -0.290 e. The van der Waals surface area contributed by atoms with Crippen molar-refractivity contribution in [2.24, 2.45) is 5.84 Å². The van der Waals surface area contributed by atoms with Gasteiger partial charge in [-0.2, -0.15) is 0 Å². The topological polar surface area (TPSA) is 55.1 Å². The maximum atomic E-state index is 12.9. The zero-order valence-corrected chi connectivity index (χ0v) is 17.2.